The molecular weight excluding hydrogens is 270 g/mol. The quantitative estimate of drug-likeness (QED) is 0.845. The van der Waals surface area contributed by atoms with E-state index in [1.54, 1.807) is 0 Å². The van der Waals surface area contributed by atoms with Gasteiger partial charge in [-0.1, -0.05) is 24.3 Å². The molecule has 0 spiro atoms. The van der Waals surface area contributed by atoms with Crippen LogP contribution in [0.1, 0.15) is 25.0 Å². The van der Waals surface area contributed by atoms with Gasteiger partial charge in [-0.15, -0.1) is 0 Å². The topological polar surface area (TPSA) is 29.3 Å². The fraction of sp³-hybridized carbons (Fsp3) is 0.294. The molecule has 0 amide bonds. The summed E-state index contributed by atoms with van der Waals surface area (Å²) in [7, 11) is 0. The molecule has 2 nitrogen and oxygen atoms in total. The summed E-state index contributed by atoms with van der Waals surface area (Å²) in [6.07, 6.45) is 0. The van der Waals surface area contributed by atoms with Gasteiger partial charge in [0.1, 0.15) is 11.6 Å². The molecule has 0 radical (unpaired) electrons. The van der Waals surface area contributed by atoms with E-state index in [4.69, 9.17) is 5.73 Å². The van der Waals surface area contributed by atoms with Gasteiger partial charge in [0.25, 0.3) is 0 Å². The molecule has 0 bridgehead atoms. The highest BCUT2D eigenvalue weighted by atomic mass is 19.1. The lowest BCUT2D eigenvalue weighted by molar-refractivity contribution is 0.198. The Morgan fingerprint density at radius 2 is 1.57 bits per heavy atom. The van der Waals surface area contributed by atoms with Crippen LogP contribution in [0.2, 0.25) is 0 Å². The Kier molecular flexibility index (Phi) is 4.91. The SMILES string of the molecule is CC(C)N(Cc1ccccc1N)Cc1c(F)cccc1F. The molecular formula is C17H20F2N2. The minimum atomic E-state index is -0.512. The van der Waals surface area contributed by atoms with Gasteiger partial charge in [-0.25, -0.2) is 8.78 Å². The number of rotatable bonds is 5. The van der Waals surface area contributed by atoms with E-state index < -0.39 is 11.6 Å². The van der Waals surface area contributed by atoms with Gasteiger partial charge in [-0.05, 0) is 37.6 Å². The second-order valence-corrected chi connectivity index (χ2v) is 5.40. The molecule has 0 aliphatic carbocycles. The first-order chi connectivity index (χ1) is 9.99. The number of halogens is 2. The highest BCUT2D eigenvalue weighted by Gasteiger charge is 2.17. The number of hydrogen-bond donors (Lipinski definition) is 1. The Morgan fingerprint density at radius 1 is 0.952 bits per heavy atom. The van der Waals surface area contributed by atoms with Crippen LogP contribution in [0.4, 0.5) is 14.5 Å². The van der Waals surface area contributed by atoms with Crippen molar-refractivity contribution < 1.29 is 8.78 Å². The normalized spacial score (nSPS) is 11.3. The van der Waals surface area contributed by atoms with Crippen molar-refractivity contribution in [2.24, 2.45) is 0 Å². The largest absolute Gasteiger partial charge is 0.398 e. The minimum absolute atomic E-state index is 0.0979. The van der Waals surface area contributed by atoms with Gasteiger partial charge < -0.3 is 5.73 Å². The smallest absolute Gasteiger partial charge is 0.130 e. The highest BCUT2D eigenvalue weighted by Crippen LogP contribution is 2.20. The first kappa shape index (κ1) is 15.4. The van der Waals surface area contributed by atoms with Crippen LogP contribution in [0.15, 0.2) is 42.5 Å². The molecule has 2 N–H and O–H groups in total. The Balaban J connectivity index is 2.23. The Hall–Kier alpha value is -1.94. The first-order valence-corrected chi connectivity index (χ1v) is 6.99. The monoisotopic (exact) mass is 290 g/mol. The van der Waals surface area contributed by atoms with E-state index in [9.17, 15) is 8.78 Å². The lowest BCUT2D eigenvalue weighted by Gasteiger charge is -2.27. The molecule has 0 unspecified atom stereocenters. The van der Waals surface area contributed by atoms with E-state index in [-0.39, 0.29) is 18.2 Å². The molecule has 0 atom stereocenters. The zero-order valence-electron chi connectivity index (χ0n) is 12.3. The third-order valence-corrected chi connectivity index (χ3v) is 3.58. The number of para-hydroxylation sites is 1. The number of nitrogen functional groups attached to an aromatic ring is 1. The van der Waals surface area contributed by atoms with E-state index in [0.29, 0.717) is 12.2 Å². The van der Waals surface area contributed by atoms with Crippen molar-refractivity contribution in [2.75, 3.05) is 5.73 Å². The predicted molar refractivity (Wildman–Crippen MR) is 81.6 cm³/mol. The molecule has 2 aromatic carbocycles. The average Bonchev–Trinajstić information content (AvgIpc) is 2.43. The van der Waals surface area contributed by atoms with Gasteiger partial charge in [0.15, 0.2) is 0 Å². The molecule has 0 fully saturated rings. The van der Waals surface area contributed by atoms with Crippen LogP contribution in [-0.4, -0.2) is 10.9 Å². The number of anilines is 1. The molecule has 0 heterocycles. The van der Waals surface area contributed by atoms with E-state index in [1.807, 2.05) is 43.0 Å². The lowest BCUT2D eigenvalue weighted by atomic mass is 10.1. The van der Waals surface area contributed by atoms with Gasteiger partial charge in [0.05, 0.1) is 0 Å². The van der Waals surface area contributed by atoms with E-state index >= 15 is 0 Å². The van der Waals surface area contributed by atoms with Crippen molar-refractivity contribution in [1.29, 1.82) is 0 Å². The summed E-state index contributed by atoms with van der Waals surface area (Å²) in [6.45, 7) is 4.76. The predicted octanol–water partition coefficient (Wildman–Crippen LogP) is 3.96. The van der Waals surface area contributed by atoms with Gasteiger partial charge >= 0.3 is 0 Å². The molecule has 0 saturated heterocycles. The Labute approximate surface area is 124 Å². The summed E-state index contributed by atoms with van der Waals surface area (Å²) in [4.78, 5) is 1.99. The van der Waals surface area contributed by atoms with Crippen molar-refractivity contribution in [3.63, 3.8) is 0 Å². The molecule has 2 aromatic rings. The summed E-state index contributed by atoms with van der Waals surface area (Å²) >= 11 is 0. The fourth-order valence-corrected chi connectivity index (χ4v) is 2.20. The molecule has 21 heavy (non-hydrogen) atoms. The van der Waals surface area contributed by atoms with Crippen LogP contribution in [0.3, 0.4) is 0 Å². The standard InChI is InChI=1S/C17H20F2N2/c1-12(2)21(10-13-6-3-4-9-17(13)20)11-14-15(18)7-5-8-16(14)19/h3-9,12H,10-11,20H2,1-2H3. The molecule has 4 heteroatoms. The summed E-state index contributed by atoms with van der Waals surface area (Å²) in [5.41, 5.74) is 7.70. The molecule has 0 aliphatic heterocycles. The maximum Gasteiger partial charge on any atom is 0.130 e. The average molecular weight is 290 g/mol. The highest BCUT2D eigenvalue weighted by molar-refractivity contribution is 5.46. The van der Waals surface area contributed by atoms with Crippen LogP contribution in [-0.2, 0) is 13.1 Å². The third kappa shape index (κ3) is 3.79. The van der Waals surface area contributed by atoms with Gasteiger partial charge in [0, 0.05) is 30.4 Å². The summed E-state index contributed by atoms with van der Waals surface area (Å²) in [5, 5.41) is 0. The van der Waals surface area contributed by atoms with E-state index in [0.717, 1.165) is 5.56 Å². The van der Waals surface area contributed by atoms with Crippen molar-refractivity contribution in [3.05, 3.63) is 65.2 Å². The van der Waals surface area contributed by atoms with E-state index in [1.165, 1.54) is 18.2 Å². The van der Waals surface area contributed by atoms with Crippen LogP contribution >= 0.6 is 0 Å². The number of nitrogens with zero attached hydrogens (tertiary/aromatic N) is 1. The maximum atomic E-state index is 13.8. The summed E-state index contributed by atoms with van der Waals surface area (Å²) < 4.78 is 27.6. The van der Waals surface area contributed by atoms with Gasteiger partial charge in [-0.3, -0.25) is 4.90 Å². The van der Waals surface area contributed by atoms with Crippen molar-refractivity contribution >= 4 is 5.69 Å². The molecule has 2 rings (SSSR count). The fourth-order valence-electron chi connectivity index (χ4n) is 2.20. The van der Waals surface area contributed by atoms with Gasteiger partial charge in [-0.2, -0.15) is 0 Å². The van der Waals surface area contributed by atoms with Crippen molar-refractivity contribution in [3.8, 4) is 0 Å². The van der Waals surface area contributed by atoms with E-state index in [2.05, 4.69) is 0 Å². The van der Waals surface area contributed by atoms with Crippen molar-refractivity contribution in [1.82, 2.24) is 4.90 Å². The Bertz CT molecular complexity index is 591. The molecule has 0 aliphatic rings. The zero-order valence-corrected chi connectivity index (χ0v) is 12.3. The minimum Gasteiger partial charge on any atom is -0.398 e. The second kappa shape index (κ2) is 6.68. The third-order valence-electron chi connectivity index (χ3n) is 3.58. The maximum absolute atomic E-state index is 13.8. The number of nitrogens with two attached hydrogens (primary N) is 1. The van der Waals surface area contributed by atoms with Crippen molar-refractivity contribution in [2.45, 2.75) is 33.0 Å². The Morgan fingerprint density at radius 3 is 2.14 bits per heavy atom. The zero-order chi connectivity index (χ0) is 15.4. The van der Waals surface area contributed by atoms with Crippen LogP contribution in [0.25, 0.3) is 0 Å². The van der Waals surface area contributed by atoms with Gasteiger partial charge in [0.2, 0.25) is 0 Å². The van der Waals surface area contributed by atoms with Crippen LogP contribution in [0, 0.1) is 11.6 Å². The van der Waals surface area contributed by atoms with Crippen LogP contribution < -0.4 is 5.73 Å². The molecule has 0 aromatic heterocycles. The first-order valence-electron chi connectivity index (χ1n) is 6.99. The number of benzene rings is 2. The lowest BCUT2D eigenvalue weighted by Crippen LogP contribution is -2.31. The molecule has 112 valence electrons. The molecule has 0 saturated carbocycles. The van der Waals surface area contributed by atoms with Crippen LogP contribution in [0.5, 0.6) is 0 Å². The summed E-state index contributed by atoms with van der Waals surface area (Å²) in [5.74, 6) is -1.02. The second-order valence-electron chi connectivity index (χ2n) is 5.40. The summed E-state index contributed by atoms with van der Waals surface area (Å²) in [6, 6.07) is 11.6. The number of hydrogen-bond acceptors (Lipinski definition) is 2.